The monoisotopic (exact) mass is 285 g/mol. The Hall–Kier alpha value is -1.02. The number of pyridine rings is 1. The van der Waals surface area contributed by atoms with Gasteiger partial charge in [0, 0.05) is 38.6 Å². The number of nitrogens with one attached hydrogen (secondary N) is 1. The number of hydrogen-bond donors (Lipinski definition) is 2. The van der Waals surface area contributed by atoms with Gasteiger partial charge in [0.05, 0.1) is 0 Å². The van der Waals surface area contributed by atoms with Gasteiger partial charge in [0.15, 0.2) is 0 Å². The first-order chi connectivity index (χ1) is 9.12. The lowest BCUT2D eigenvalue weighted by molar-refractivity contribution is 0.164. The van der Waals surface area contributed by atoms with Gasteiger partial charge in [0.25, 0.3) is 10.2 Å². The molecule has 0 aliphatic carbocycles. The normalized spacial score (nSPS) is 21.4. The third-order valence-corrected chi connectivity index (χ3v) is 4.78. The number of hydrogen-bond acceptors (Lipinski definition) is 4. The Morgan fingerprint density at radius 3 is 3.05 bits per heavy atom. The van der Waals surface area contributed by atoms with Crippen LogP contribution in [0.1, 0.15) is 18.4 Å². The van der Waals surface area contributed by atoms with Gasteiger partial charge in [-0.1, -0.05) is 6.07 Å². The first kappa shape index (κ1) is 14.4. The highest BCUT2D eigenvalue weighted by molar-refractivity contribution is 7.87. The maximum absolute atomic E-state index is 12.1. The third-order valence-electron chi connectivity index (χ3n) is 3.26. The molecule has 1 atom stereocenters. The number of aliphatic hydroxyl groups is 1. The van der Waals surface area contributed by atoms with Gasteiger partial charge in [-0.25, -0.2) is 0 Å². The van der Waals surface area contributed by atoms with Gasteiger partial charge in [0.1, 0.15) is 0 Å². The summed E-state index contributed by atoms with van der Waals surface area (Å²) in [7, 11) is -3.48. The van der Waals surface area contributed by atoms with Gasteiger partial charge in [-0.2, -0.15) is 17.4 Å². The Bertz CT molecular complexity index is 492. The van der Waals surface area contributed by atoms with Crippen molar-refractivity contribution in [3.05, 3.63) is 30.1 Å². The van der Waals surface area contributed by atoms with E-state index in [1.165, 1.54) is 4.31 Å². The second-order valence-electron chi connectivity index (χ2n) is 4.74. The van der Waals surface area contributed by atoms with E-state index in [1.54, 1.807) is 18.5 Å². The maximum atomic E-state index is 12.1. The number of rotatable bonds is 5. The lowest BCUT2D eigenvalue weighted by atomic mass is 10.0. The van der Waals surface area contributed by atoms with Crippen LogP contribution in [0.2, 0.25) is 0 Å². The van der Waals surface area contributed by atoms with Crippen LogP contribution in [0.15, 0.2) is 24.5 Å². The van der Waals surface area contributed by atoms with Crippen molar-refractivity contribution in [2.24, 2.45) is 5.92 Å². The zero-order valence-electron chi connectivity index (χ0n) is 10.7. The zero-order valence-corrected chi connectivity index (χ0v) is 11.5. The SMILES string of the molecule is O=S(=O)(NCc1cccnc1)N1CCCC(CO)C1. The van der Waals surface area contributed by atoms with Crippen LogP contribution in [-0.2, 0) is 16.8 Å². The van der Waals surface area contributed by atoms with Gasteiger partial charge in [-0.15, -0.1) is 0 Å². The summed E-state index contributed by atoms with van der Waals surface area (Å²) in [6, 6.07) is 3.59. The van der Waals surface area contributed by atoms with E-state index in [-0.39, 0.29) is 19.1 Å². The maximum Gasteiger partial charge on any atom is 0.279 e. The largest absolute Gasteiger partial charge is 0.396 e. The van der Waals surface area contributed by atoms with Crippen molar-refractivity contribution in [3.63, 3.8) is 0 Å². The third kappa shape index (κ3) is 3.97. The topological polar surface area (TPSA) is 82.5 Å². The Kier molecular flexibility index (Phi) is 4.87. The van der Waals surface area contributed by atoms with Crippen molar-refractivity contribution in [2.75, 3.05) is 19.7 Å². The molecule has 1 aliphatic heterocycles. The molecule has 0 bridgehead atoms. The number of nitrogens with zero attached hydrogens (tertiary/aromatic N) is 2. The molecule has 0 saturated carbocycles. The molecule has 2 N–H and O–H groups in total. The summed E-state index contributed by atoms with van der Waals surface area (Å²) in [5, 5.41) is 9.13. The summed E-state index contributed by atoms with van der Waals surface area (Å²) in [6.07, 6.45) is 4.95. The summed E-state index contributed by atoms with van der Waals surface area (Å²) in [6.45, 7) is 1.17. The smallest absolute Gasteiger partial charge is 0.279 e. The zero-order chi connectivity index (χ0) is 13.7. The molecule has 1 saturated heterocycles. The van der Waals surface area contributed by atoms with Crippen LogP contribution in [0.25, 0.3) is 0 Å². The van der Waals surface area contributed by atoms with E-state index in [9.17, 15) is 8.42 Å². The summed E-state index contributed by atoms with van der Waals surface area (Å²) >= 11 is 0. The predicted octanol–water partition coefficient (Wildman–Crippen LogP) is 0.120. The first-order valence-electron chi connectivity index (χ1n) is 6.36. The minimum atomic E-state index is -3.48. The highest BCUT2D eigenvalue weighted by Crippen LogP contribution is 2.18. The fourth-order valence-electron chi connectivity index (χ4n) is 2.16. The van der Waals surface area contributed by atoms with E-state index in [1.807, 2.05) is 6.07 Å². The van der Waals surface area contributed by atoms with Gasteiger partial charge in [-0.05, 0) is 30.4 Å². The summed E-state index contributed by atoms with van der Waals surface area (Å²) in [4.78, 5) is 3.94. The van der Waals surface area contributed by atoms with E-state index in [2.05, 4.69) is 9.71 Å². The summed E-state index contributed by atoms with van der Waals surface area (Å²) in [5.74, 6) is 0.0451. The quantitative estimate of drug-likeness (QED) is 0.805. The highest BCUT2D eigenvalue weighted by atomic mass is 32.2. The Labute approximate surface area is 113 Å². The fourth-order valence-corrected chi connectivity index (χ4v) is 3.47. The standard InChI is InChI=1S/C12H19N3O3S/c16-10-12-4-2-6-15(9-12)19(17,18)14-8-11-3-1-5-13-7-11/h1,3,5,7,12,14,16H,2,4,6,8-10H2. The molecule has 1 aliphatic rings. The molecule has 19 heavy (non-hydrogen) atoms. The molecule has 1 fully saturated rings. The predicted molar refractivity (Wildman–Crippen MR) is 71.4 cm³/mol. The van der Waals surface area contributed by atoms with Crippen molar-refractivity contribution in [1.29, 1.82) is 0 Å². The van der Waals surface area contributed by atoms with E-state index in [4.69, 9.17) is 5.11 Å². The van der Waals surface area contributed by atoms with Crippen molar-refractivity contribution < 1.29 is 13.5 Å². The van der Waals surface area contributed by atoms with Crippen LogP contribution < -0.4 is 4.72 Å². The fraction of sp³-hybridized carbons (Fsp3) is 0.583. The molecule has 2 heterocycles. The number of piperidine rings is 1. The molecule has 2 rings (SSSR count). The summed E-state index contributed by atoms with van der Waals surface area (Å²) in [5.41, 5.74) is 0.821. The molecule has 0 spiro atoms. The average Bonchev–Trinajstić information content (AvgIpc) is 2.46. The van der Waals surface area contributed by atoms with Gasteiger partial charge in [-0.3, -0.25) is 4.98 Å². The second-order valence-corrected chi connectivity index (χ2v) is 6.49. The molecule has 6 nitrogen and oxygen atoms in total. The molecular weight excluding hydrogens is 266 g/mol. The Morgan fingerprint density at radius 1 is 1.53 bits per heavy atom. The van der Waals surface area contributed by atoms with Crippen LogP contribution in [0.4, 0.5) is 0 Å². The molecule has 1 unspecified atom stereocenters. The lowest BCUT2D eigenvalue weighted by Crippen LogP contribution is -2.46. The van der Waals surface area contributed by atoms with E-state index < -0.39 is 10.2 Å². The van der Waals surface area contributed by atoms with Crippen molar-refractivity contribution in [1.82, 2.24) is 14.0 Å². The molecular formula is C12H19N3O3S. The Morgan fingerprint density at radius 2 is 2.37 bits per heavy atom. The Balaban J connectivity index is 1.94. The van der Waals surface area contributed by atoms with E-state index >= 15 is 0 Å². The first-order valence-corrected chi connectivity index (χ1v) is 7.80. The summed E-state index contributed by atoms with van der Waals surface area (Å²) < 4.78 is 28.2. The van der Waals surface area contributed by atoms with E-state index in [0.29, 0.717) is 13.1 Å². The second kappa shape index (κ2) is 6.42. The average molecular weight is 285 g/mol. The molecule has 0 amide bonds. The molecule has 0 radical (unpaired) electrons. The van der Waals surface area contributed by atoms with Crippen LogP contribution >= 0.6 is 0 Å². The highest BCUT2D eigenvalue weighted by Gasteiger charge is 2.28. The van der Waals surface area contributed by atoms with Crippen molar-refractivity contribution in [3.8, 4) is 0 Å². The molecule has 1 aromatic rings. The van der Waals surface area contributed by atoms with Crippen LogP contribution in [0, 0.1) is 5.92 Å². The molecule has 7 heteroatoms. The van der Waals surface area contributed by atoms with Crippen LogP contribution in [0.5, 0.6) is 0 Å². The lowest BCUT2D eigenvalue weighted by Gasteiger charge is -2.30. The van der Waals surface area contributed by atoms with E-state index in [0.717, 1.165) is 18.4 Å². The van der Waals surface area contributed by atoms with Crippen molar-refractivity contribution in [2.45, 2.75) is 19.4 Å². The van der Waals surface area contributed by atoms with Crippen molar-refractivity contribution >= 4 is 10.2 Å². The molecule has 1 aromatic heterocycles. The van der Waals surface area contributed by atoms with Crippen LogP contribution in [-0.4, -0.2) is 42.5 Å². The minimum absolute atomic E-state index is 0.0363. The van der Waals surface area contributed by atoms with Gasteiger partial charge in [0.2, 0.25) is 0 Å². The minimum Gasteiger partial charge on any atom is -0.396 e. The number of aromatic nitrogens is 1. The molecule has 0 aromatic carbocycles. The molecule has 106 valence electrons. The van der Waals surface area contributed by atoms with Crippen LogP contribution in [0.3, 0.4) is 0 Å². The van der Waals surface area contributed by atoms with Gasteiger partial charge < -0.3 is 5.11 Å². The number of aliphatic hydroxyl groups excluding tert-OH is 1. The van der Waals surface area contributed by atoms with Gasteiger partial charge >= 0.3 is 0 Å².